The Morgan fingerprint density at radius 3 is 2.56 bits per heavy atom. The molecule has 16 heavy (non-hydrogen) atoms. The normalized spacial score (nSPS) is 11.8. The summed E-state index contributed by atoms with van der Waals surface area (Å²) in [6.07, 6.45) is 0. The van der Waals surface area contributed by atoms with Gasteiger partial charge in [0.1, 0.15) is 5.75 Å². The lowest BCUT2D eigenvalue weighted by Gasteiger charge is -2.13. The van der Waals surface area contributed by atoms with Gasteiger partial charge >= 0.3 is 5.97 Å². The Morgan fingerprint density at radius 2 is 2.06 bits per heavy atom. The van der Waals surface area contributed by atoms with Crippen molar-refractivity contribution in [1.82, 2.24) is 0 Å². The van der Waals surface area contributed by atoms with E-state index >= 15 is 0 Å². The third-order valence-electron chi connectivity index (χ3n) is 2.62. The second-order valence-corrected chi connectivity index (χ2v) is 3.53. The van der Waals surface area contributed by atoms with Crippen LogP contribution in [0.1, 0.15) is 18.4 Å². The number of hydrogen-bond acceptors (Lipinski definition) is 3. The van der Waals surface area contributed by atoms with Gasteiger partial charge in [-0.3, -0.25) is 4.79 Å². The number of rotatable bonds is 4. The molecule has 0 spiro atoms. The highest BCUT2D eigenvalue weighted by atomic mass is 16.5. The van der Waals surface area contributed by atoms with Crippen LogP contribution in [0.15, 0.2) is 18.2 Å². The number of carbonyl (C=O) groups is 1. The molecule has 0 heterocycles. The molecular weight excluding hydrogens is 203 g/mol. The fraction of sp³-hybridized carbons (Fsp3) is 0.417. The van der Waals surface area contributed by atoms with E-state index in [2.05, 4.69) is 0 Å². The highest BCUT2D eigenvalue weighted by molar-refractivity contribution is 6.53. The average molecular weight is 219 g/mol. The summed E-state index contributed by atoms with van der Waals surface area (Å²) >= 11 is 0. The van der Waals surface area contributed by atoms with Crippen LogP contribution >= 0.6 is 0 Å². The van der Waals surface area contributed by atoms with Crippen molar-refractivity contribution in [2.24, 2.45) is 0 Å². The lowest BCUT2D eigenvalue weighted by Crippen LogP contribution is -2.18. The van der Waals surface area contributed by atoms with E-state index in [1.807, 2.05) is 39.2 Å². The van der Waals surface area contributed by atoms with Crippen molar-refractivity contribution < 1.29 is 14.3 Å². The van der Waals surface area contributed by atoms with Crippen LogP contribution in [-0.4, -0.2) is 27.5 Å². The minimum Gasteiger partial charge on any atom is -0.497 e. The predicted molar refractivity (Wildman–Crippen MR) is 64.7 cm³/mol. The van der Waals surface area contributed by atoms with Crippen LogP contribution in [0.4, 0.5) is 0 Å². The topological polar surface area (TPSA) is 35.5 Å². The minimum absolute atomic E-state index is 0.229. The van der Waals surface area contributed by atoms with Gasteiger partial charge in [0, 0.05) is 0 Å². The predicted octanol–water partition coefficient (Wildman–Crippen LogP) is 1.35. The van der Waals surface area contributed by atoms with Gasteiger partial charge in [0.2, 0.25) is 0 Å². The maximum Gasteiger partial charge on any atom is 0.312 e. The molecule has 4 heteroatoms. The van der Waals surface area contributed by atoms with Gasteiger partial charge in [-0.15, -0.1) is 0 Å². The molecule has 1 aromatic rings. The maximum atomic E-state index is 11.4. The molecule has 1 rings (SSSR count). The summed E-state index contributed by atoms with van der Waals surface area (Å²) in [5.41, 5.74) is 1.91. The van der Waals surface area contributed by atoms with E-state index in [0.29, 0.717) is 0 Å². The fourth-order valence-electron chi connectivity index (χ4n) is 1.56. The van der Waals surface area contributed by atoms with Gasteiger partial charge < -0.3 is 9.47 Å². The molecule has 1 aromatic carbocycles. The van der Waals surface area contributed by atoms with Gasteiger partial charge in [-0.25, -0.2) is 0 Å². The Labute approximate surface area is 97.0 Å². The Balaban J connectivity index is 3.03. The first-order chi connectivity index (χ1) is 7.63. The molecule has 0 aliphatic rings. The lowest BCUT2D eigenvalue weighted by atomic mass is 9.71. The Morgan fingerprint density at radius 1 is 1.38 bits per heavy atom. The van der Waals surface area contributed by atoms with Gasteiger partial charge in [-0.05, 0) is 24.0 Å². The van der Waals surface area contributed by atoms with E-state index in [4.69, 9.17) is 9.47 Å². The molecular formula is C12H16BO3. The molecule has 0 aliphatic carbocycles. The number of benzene rings is 1. The maximum absolute atomic E-state index is 11.4. The van der Waals surface area contributed by atoms with Crippen LogP contribution in [-0.2, 0) is 9.53 Å². The van der Waals surface area contributed by atoms with Crippen molar-refractivity contribution in [2.45, 2.75) is 19.7 Å². The molecule has 0 aromatic heterocycles. The van der Waals surface area contributed by atoms with E-state index in [0.717, 1.165) is 16.8 Å². The van der Waals surface area contributed by atoms with Crippen molar-refractivity contribution in [2.75, 3.05) is 14.2 Å². The first-order valence-electron chi connectivity index (χ1n) is 5.19. The molecule has 0 bridgehead atoms. The molecule has 1 atom stereocenters. The van der Waals surface area contributed by atoms with Gasteiger partial charge in [-0.1, -0.05) is 19.0 Å². The fourth-order valence-corrected chi connectivity index (χ4v) is 1.56. The Bertz CT molecular complexity index is 377. The molecule has 0 fully saturated rings. The van der Waals surface area contributed by atoms with Crippen molar-refractivity contribution in [3.63, 3.8) is 0 Å². The number of methoxy groups -OCH3 is 2. The van der Waals surface area contributed by atoms with Crippen LogP contribution in [0.5, 0.6) is 5.75 Å². The largest absolute Gasteiger partial charge is 0.497 e. The van der Waals surface area contributed by atoms with E-state index < -0.39 is 0 Å². The SMILES string of the molecule is C[B]c1cc(C(C)C(=O)OC)ccc1OC. The standard InChI is InChI=1S/C12H16BO3/c1-8(12(14)16-4)9-5-6-11(15-3)10(7-9)13-2/h5-8H,1-4H3. The molecule has 85 valence electrons. The number of ether oxygens (including phenoxy) is 2. The summed E-state index contributed by atoms with van der Waals surface area (Å²) in [6.45, 7) is 3.76. The molecule has 1 unspecified atom stereocenters. The summed E-state index contributed by atoms with van der Waals surface area (Å²) in [4.78, 5) is 11.4. The summed E-state index contributed by atoms with van der Waals surface area (Å²) in [7, 11) is 4.98. The second kappa shape index (κ2) is 5.59. The molecule has 0 aliphatic heterocycles. The van der Waals surface area contributed by atoms with E-state index in [1.165, 1.54) is 7.11 Å². The van der Waals surface area contributed by atoms with Crippen LogP contribution < -0.4 is 10.2 Å². The zero-order chi connectivity index (χ0) is 12.1. The van der Waals surface area contributed by atoms with Crippen molar-refractivity contribution >= 4 is 18.7 Å². The quantitative estimate of drug-likeness (QED) is 0.566. The first kappa shape index (κ1) is 12.6. The van der Waals surface area contributed by atoms with E-state index in [-0.39, 0.29) is 11.9 Å². The van der Waals surface area contributed by atoms with Gasteiger partial charge in [-0.2, -0.15) is 0 Å². The minimum atomic E-state index is -0.255. The Kier molecular flexibility index (Phi) is 4.41. The zero-order valence-corrected chi connectivity index (χ0v) is 10.1. The molecule has 0 N–H and O–H groups in total. The third kappa shape index (κ3) is 2.57. The van der Waals surface area contributed by atoms with E-state index in [1.54, 1.807) is 7.11 Å². The summed E-state index contributed by atoms with van der Waals surface area (Å²) in [5.74, 6) is 0.324. The number of hydrogen-bond donors (Lipinski definition) is 0. The molecule has 1 radical (unpaired) electrons. The molecule has 0 amide bonds. The molecule has 0 saturated carbocycles. The monoisotopic (exact) mass is 219 g/mol. The number of esters is 1. The lowest BCUT2D eigenvalue weighted by molar-refractivity contribution is -0.141. The summed E-state index contributed by atoms with van der Waals surface area (Å²) in [6, 6.07) is 5.69. The zero-order valence-electron chi connectivity index (χ0n) is 10.1. The smallest absolute Gasteiger partial charge is 0.312 e. The van der Waals surface area contributed by atoms with Crippen molar-refractivity contribution in [3.05, 3.63) is 23.8 Å². The Hall–Kier alpha value is -1.45. The van der Waals surface area contributed by atoms with Crippen molar-refractivity contribution in [1.29, 1.82) is 0 Å². The number of carbonyl (C=O) groups excluding carboxylic acids is 1. The van der Waals surface area contributed by atoms with Crippen LogP contribution in [0, 0.1) is 0 Å². The highest BCUT2D eigenvalue weighted by Crippen LogP contribution is 2.18. The van der Waals surface area contributed by atoms with Gasteiger partial charge in [0.05, 0.1) is 20.1 Å². The van der Waals surface area contributed by atoms with E-state index in [9.17, 15) is 4.79 Å². The second-order valence-electron chi connectivity index (χ2n) is 3.53. The third-order valence-corrected chi connectivity index (χ3v) is 2.62. The van der Waals surface area contributed by atoms with Crippen LogP contribution in [0.2, 0.25) is 6.82 Å². The molecule has 3 nitrogen and oxygen atoms in total. The van der Waals surface area contributed by atoms with Gasteiger partial charge in [0.15, 0.2) is 7.28 Å². The summed E-state index contributed by atoms with van der Waals surface area (Å²) < 4.78 is 9.93. The van der Waals surface area contributed by atoms with Crippen LogP contribution in [0.3, 0.4) is 0 Å². The van der Waals surface area contributed by atoms with Gasteiger partial charge in [0.25, 0.3) is 0 Å². The first-order valence-corrected chi connectivity index (χ1v) is 5.19. The van der Waals surface area contributed by atoms with Crippen LogP contribution in [0.25, 0.3) is 0 Å². The molecule has 0 saturated heterocycles. The summed E-state index contributed by atoms with van der Waals surface area (Å²) in [5, 5.41) is 0. The van der Waals surface area contributed by atoms with Crippen molar-refractivity contribution in [3.8, 4) is 5.75 Å². The highest BCUT2D eigenvalue weighted by Gasteiger charge is 2.16. The average Bonchev–Trinajstić information content (AvgIpc) is 2.35.